The zero-order chi connectivity index (χ0) is 30.9. The summed E-state index contributed by atoms with van der Waals surface area (Å²) in [5.41, 5.74) is 3.15. The minimum absolute atomic E-state index is 0.0436. The molecule has 0 N–H and O–H groups in total. The van der Waals surface area contributed by atoms with Gasteiger partial charge in [-0.2, -0.15) is 18.3 Å². The highest BCUT2D eigenvalue weighted by Gasteiger charge is 2.37. The molecule has 0 saturated heterocycles. The third-order valence-electron chi connectivity index (χ3n) is 8.64. The van der Waals surface area contributed by atoms with E-state index in [2.05, 4.69) is 20.9 Å². The fourth-order valence-electron chi connectivity index (χ4n) is 6.12. The van der Waals surface area contributed by atoms with Gasteiger partial charge in [0.25, 0.3) is 11.5 Å². The van der Waals surface area contributed by atoms with Crippen LogP contribution in [0.5, 0.6) is 0 Å². The molecule has 1 aliphatic heterocycles. The largest absolute Gasteiger partial charge is 0.417 e. The monoisotopic (exact) mass is 664 g/mol. The number of benzene rings is 2. The number of hydrogen-bond acceptors (Lipinski definition) is 4. The van der Waals surface area contributed by atoms with E-state index in [1.165, 1.54) is 17.0 Å². The minimum Gasteiger partial charge on any atom is -0.334 e. The SMILES string of the molecule is CC1Cc2c(n3ncc(CC4CC4)c3n(-c3ccc(-c4nccn4C)cc3)c2=O)CN1C(=O)c1ccc(Br)c(C(F)(F)F)c1. The second kappa shape index (κ2) is 10.5. The summed E-state index contributed by atoms with van der Waals surface area (Å²) in [5, 5.41) is 4.71. The van der Waals surface area contributed by atoms with Crippen LogP contribution >= 0.6 is 15.9 Å². The molecule has 7 rings (SSSR count). The number of carbonyl (C=O) groups is 1. The Bertz CT molecular complexity index is 1990. The second-order valence-corrected chi connectivity index (χ2v) is 12.6. The Hall–Kier alpha value is -4.19. The van der Waals surface area contributed by atoms with Gasteiger partial charge >= 0.3 is 6.18 Å². The van der Waals surface area contributed by atoms with Gasteiger partial charge in [-0.15, -0.1) is 0 Å². The normalized spacial score (nSPS) is 16.9. The van der Waals surface area contributed by atoms with Crippen molar-refractivity contribution in [1.82, 2.24) is 28.6 Å². The smallest absolute Gasteiger partial charge is 0.334 e. The van der Waals surface area contributed by atoms with Crippen molar-refractivity contribution in [3.05, 3.63) is 104 Å². The van der Waals surface area contributed by atoms with Crippen LogP contribution in [0.25, 0.3) is 22.7 Å². The Morgan fingerprint density at radius 1 is 1.11 bits per heavy atom. The standard InChI is InChI=1S/C32H28BrF3N6O2/c1-18-13-24-27(17-40(18)30(43)21-7-10-26(33)25(15-21)32(34,35)36)42-29(22(16-38-42)14-19-3-4-19)41(31(24)44)23-8-5-20(6-9-23)28-37-11-12-39(28)2/h5-12,15-16,18-19H,3-4,13-14,17H2,1-2H3. The molecule has 2 aliphatic rings. The molecule has 0 radical (unpaired) electrons. The molecule has 4 heterocycles. The maximum Gasteiger partial charge on any atom is 0.417 e. The fraction of sp³-hybridized carbons (Fsp3) is 0.312. The van der Waals surface area contributed by atoms with Crippen molar-refractivity contribution < 1.29 is 18.0 Å². The number of carbonyl (C=O) groups excluding carboxylic acids is 1. The maximum atomic E-state index is 14.3. The number of alkyl halides is 3. The number of aryl methyl sites for hydroxylation is 1. The van der Waals surface area contributed by atoms with E-state index in [1.807, 2.05) is 49.0 Å². The van der Waals surface area contributed by atoms with E-state index in [9.17, 15) is 22.8 Å². The Balaban J connectivity index is 1.33. The summed E-state index contributed by atoms with van der Waals surface area (Å²) in [6.45, 7) is 1.85. The first kappa shape index (κ1) is 28.6. The van der Waals surface area contributed by atoms with Gasteiger partial charge in [0.1, 0.15) is 11.5 Å². The number of rotatable bonds is 5. The minimum atomic E-state index is -4.62. The van der Waals surface area contributed by atoms with E-state index in [0.29, 0.717) is 28.5 Å². The van der Waals surface area contributed by atoms with Gasteiger partial charge in [0.15, 0.2) is 0 Å². The molecule has 0 bridgehead atoms. The number of amides is 1. The van der Waals surface area contributed by atoms with Crippen molar-refractivity contribution in [3.63, 3.8) is 0 Å². The molecule has 44 heavy (non-hydrogen) atoms. The summed E-state index contributed by atoms with van der Waals surface area (Å²) >= 11 is 2.95. The van der Waals surface area contributed by atoms with Gasteiger partial charge in [-0.3, -0.25) is 14.2 Å². The van der Waals surface area contributed by atoms with Crippen molar-refractivity contribution in [2.45, 2.75) is 51.4 Å². The Morgan fingerprint density at radius 3 is 2.52 bits per heavy atom. The van der Waals surface area contributed by atoms with Crippen molar-refractivity contribution in [1.29, 1.82) is 0 Å². The molecule has 1 aliphatic carbocycles. The van der Waals surface area contributed by atoms with Gasteiger partial charge in [0.05, 0.1) is 29.7 Å². The van der Waals surface area contributed by atoms with Crippen molar-refractivity contribution in [3.8, 4) is 17.1 Å². The number of fused-ring (bicyclic) bond motifs is 3. The first-order valence-corrected chi connectivity index (χ1v) is 15.2. The lowest BCUT2D eigenvalue weighted by molar-refractivity contribution is -0.138. The molecule has 1 amide bonds. The van der Waals surface area contributed by atoms with Crippen LogP contribution in [0.3, 0.4) is 0 Å². The van der Waals surface area contributed by atoms with Crippen LogP contribution in [0, 0.1) is 5.92 Å². The molecule has 3 aromatic heterocycles. The summed E-state index contributed by atoms with van der Waals surface area (Å²) in [7, 11) is 1.92. The molecular weight excluding hydrogens is 637 g/mol. The van der Waals surface area contributed by atoms with Crippen LogP contribution in [0.4, 0.5) is 13.2 Å². The Kier molecular flexibility index (Phi) is 6.80. The van der Waals surface area contributed by atoms with Crippen LogP contribution in [0.2, 0.25) is 0 Å². The molecule has 1 saturated carbocycles. The van der Waals surface area contributed by atoms with E-state index in [4.69, 9.17) is 5.10 Å². The Labute approximate surface area is 258 Å². The van der Waals surface area contributed by atoms with E-state index in [-0.39, 0.29) is 28.6 Å². The highest BCUT2D eigenvalue weighted by atomic mass is 79.9. The first-order chi connectivity index (χ1) is 21.0. The molecule has 2 aromatic carbocycles. The van der Waals surface area contributed by atoms with Crippen LogP contribution in [-0.2, 0) is 32.6 Å². The highest BCUT2D eigenvalue weighted by molar-refractivity contribution is 9.10. The average molecular weight is 666 g/mol. The van der Waals surface area contributed by atoms with Gasteiger partial charge in [0.2, 0.25) is 0 Å². The van der Waals surface area contributed by atoms with E-state index in [1.54, 1.807) is 21.5 Å². The van der Waals surface area contributed by atoms with Crippen molar-refractivity contribution >= 4 is 27.5 Å². The summed E-state index contributed by atoms with van der Waals surface area (Å²) < 4.78 is 46.1. The van der Waals surface area contributed by atoms with Crippen LogP contribution in [0.15, 0.2) is 70.3 Å². The quantitative estimate of drug-likeness (QED) is 0.224. The lowest BCUT2D eigenvalue weighted by Gasteiger charge is -2.35. The summed E-state index contributed by atoms with van der Waals surface area (Å²) in [6, 6.07) is 10.7. The molecule has 1 unspecified atom stereocenters. The number of aromatic nitrogens is 5. The van der Waals surface area contributed by atoms with Crippen molar-refractivity contribution in [2.24, 2.45) is 13.0 Å². The zero-order valence-electron chi connectivity index (χ0n) is 24.0. The lowest BCUT2D eigenvalue weighted by Crippen LogP contribution is -2.46. The maximum absolute atomic E-state index is 14.3. The molecule has 1 atom stereocenters. The predicted molar refractivity (Wildman–Crippen MR) is 162 cm³/mol. The first-order valence-electron chi connectivity index (χ1n) is 14.4. The number of halogens is 4. The lowest BCUT2D eigenvalue weighted by atomic mass is 9.97. The van der Waals surface area contributed by atoms with Gasteiger partial charge in [-0.1, -0.05) is 15.9 Å². The van der Waals surface area contributed by atoms with Crippen molar-refractivity contribution in [2.75, 3.05) is 0 Å². The third kappa shape index (κ3) is 4.85. The number of hydrogen-bond donors (Lipinski definition) is 0. The van der Waals surface area contributed by atoms with Gasteiger partial charge in [-0.25, -0.2) is 9.50 Å². The van der Waals surface area contributed by atoms with E-state index < -0.39 is 23.7 Å². The fourth-order valence-corrected chi connectivity index (χ4v) is 6.59. The molecule has 5 aromatic rings. The molecular formula is C32H28BrF3N6O2. The third-order valence-corrected chi connectivity index (χ3v) is 9.33. The molecule has 1 fully saturated rings. The number of imidazole rings is 1. The Morgan fingerprint density at radius 2 is 1.86 bits per heavy atom. The average Bonchev–Trinajstić information content (AvgIpc) is 3.56. The molecule has 12 heteroatoms. The summed E-state index contributed by atoms with van der Waals surface area (Å²) in [4.78, 5) is 33.9. The summed E-state index contributed by atoms with van der Waals surface area (Å²) in [6.07, 6.45) is 4.05. The molecule has 8 nitrogen and oxygen atoms in total. The highest BCUT2D eigenvalue weighted by Crippen LogP contribution is 2.37. The molecule has 226 valence electrons. The van der Waals surface area contributed by atoms with Crippen LogP contribution in [-0.4, -0.2) is 40.6 Å². The van der Waals surface area contributed by atoms with E-state index in [0.717, 1.165) is 42.3 Å². The predicted octanol–water partition coefficient (Wildman–Crippen LogP) is 6.21. The van der Waals surface area contributed by atoms with Crippen LogP contribution in [0.1, 0.15) is 52.5 Å². The topological polar surface area (TPSA) is 77.4 Å². The number of nitrogens with zero attached hydrogens (tertiary/aromatic N) is 6. The second-order valence-electron chi connectivity index (χ2n) is 11.7. The zero-order valence-corrected chi connectivity index (χ0v) is 25.6. The van der Waals surface area contributed by atoms with Crippen LogP contribution < -0.4 is 5.56 Å². The molecule has 0 spiro atoms. The summed E-state index contributed by atoms with van der Waals surface area (Å²) in [5.74, 6) is 0.811. The van der Waals surface area contributed by atoms with Gasteiger partial charge in [0, 0.05) is 52.2 Å². The van der Waals surface area contributed by atoms with Gasteiger partial charge in [-0.05, 0) is 81.0 Å². The van der Waals surface area contributed by atoms with Gasteiger partial charge < -0.3 is 9.47 Å². The van der Waals surface area contributed by atoms with E-state index >= 15 is 0 Å².